The summed E-state index contributed by atoms with van der Waals surface area (Å²) in [7, 11) is 0. The summed E-state index contributed by atoms with van der Waals surface area (Å²) in [5, 5.41) is 4.44. The molecule has 1 N–H and O–H groups in total. The number of amides is 2. The number of benzene rings is 2. The molecule has 0 radical (unpaired) electrons. The monoisotopic (exact) mass is 472 g/mol. The molecule has 2 rings (SSSR count). The van der Waals surface area contributed by atoms with E-state index in [-0.39, 0.29) is 24.1 Å². The van der Waals surface area contributed by atoms with Gasteiger partial charge in [0, 0.05) is 33.1 Å². The average molecular weight is 474 g/mol. The Morgan fingerprint density at radius 1 is 1.03 bits per heavy atom. The molecule has 0 spiro atoms. The molecule has 0 saturated carbocycles. The molecule has 156 valence electrons. The van der Waals surface area contributed by atoms with Crippen molar-refractivity contribution in [1.29, 1.82) is 0 Å². The van der Waals surface area contributed by atoms with Gasteiger partial charge in [0.25, 0.3) is 0 Å². The third-order valence-electron chi connectivity index (χ3n) is 4.27. The van der Waals surface area contributed by atoms with Crippen LogP contribution in [-0.4, -0.2) is 35.1 Å². The number of likely N-dealkylation sites (N-methyl/N-ethyl adjacent to an activating group) is 1. The quantitative estimate of drug-likeness (QED) is 0.476. The molecular formula is C21H23Cl3N2O2S. The summed E-state index contributed by atoms with van der Waals surface area (Å²) in [5.41, 5.74) is 0.739. The first-order valence-corrected chi connectivity index (χ1v) is 11.4. The van der Waals surface area contributed by atoms with E-state index >= 15 is 0 Å². The van der Waals surface area contributed by atoms with Crippen molar-refractivity contribution in [3.05, 3.63) is 63.1 Å². The fraction of sp³-hybridized carbons (Fsp3) is 0.333. The van der Waals surface area contributed by atoms with Gasteiger partial charge in [-0.05, 0) is 55.3 Å². The fourth-order valence-electron chi connectivity index (χ4n) is 2.80. The normalized spacial score (nSPS) is 11.8. The summed E-state index contributed by atoms with van der Waals surface area (Å²) >= 11 is 19.6. The summed E-state index contributed by atoms with van der Waals surface area (Å²) in [4.78, 5) is 28.2. The third kappa shape index (κ3) is 7.10. The van der Waals surface area contributed by atoms with Crippen LogP contribution in [0.5, 0.6) is 0 Å². The van der Waals surface area contributed by atoms with E-state index in [2.05, 4.69) is 5.32 Å². The highest BCUT2D eigenvalue weighted by Crippen LogP contribution is 2.25. The van der Waals surface area contributed by atoms with Crippen molar-refractivity contribution in [3.8, 4) is 0 Å². The summed E-state index contributed by atoms with van der Waals surface area (Å²) < 4.78 is 0. The number of nitrogens with one attached hydrogen (secondary N) is 1. The smallest absolute Gasteiger partial charge is 0.242 e. The van der Waals surface area contributed by atoms with E-state index in [1.165, 1.54) is 11.8 Å². The summed E-state index contributed by atoms with van der Waals surface area (Å²) in [6, 6.07) is 11.8. The number of halogens is 3. The molecule has 0 bridgehead atoms. The maximum atomic E-state index is 13.1. The number of rotatable bonds is 9. The highest BCUT2D eigenvalue weighted by atomic mass is 35.5. The molecule has 0 aliphatic carbocycles. The summed E-state index contributed by atoms with van der Waals surface area (Å²) in [6.07, 6.45) is 0.494. The Hall–Kier alpha value is -1.40. The zero-order chi connectivity index (χ0) is 21.4. The van der Waals surface area contributed by atoms with Gasteiger partial charge in [0.15, 0.2) is 0 Å². The van der Waals surface area contributed by atoms with Crippen LogP contribution in [0.4, 0.5) is 0 Å². The Kier molecular flexibility index (Phi) is 9.63. The number of hydrogen-bond donors (Lipinski definition) is 1. The van der Waals surface area contributed by atoms with Crippen LogP contribution < -0.4 is 5.32 Å². The largest absolute Gasteiger partial charge is 0.355 e. The van der Waals surface area contributed by atoms with E-state index < -0.39 is 6.04 Å². The van der Waals surface area contributed by atoms with E-state index in [9.17, 15) is 9.59 Å². The number of hydrogen-bond acceptors (Lipinski definition) is 3. The highest BCUT2D eigenvalue weighted by Gasteiger charge is 2.28. The van der Waals surface area contributed by atoms with Crippen molar-refractivity contribution in [3.63, 3.8) is 0 Å². The van der Waals surface area contributed by atoms with Gasteiger partial charge in [-0.3, -0.25) is 9.59 Å². The van der Waals surface area contributed by atoms with E-state index in [4.69, 9.17) is 34.8 Å². The minimum atomic E-state index is -0.583. The summed E-state index contributed by atoms with van der Waals surface area (Å²) in [5.74, 6) is -0.123. The minimum absolute atomic E-state index is 0.144. The molecule has 2 aromatic rings. The van der Waals surface area contributed by atoms with Crippen LogP contribution in [-0.2, 0) is 16.1 Å². The molecule has 0 fully saturated rings. The van der Waals surface area contributed by atoms with E-state index in [0.717, 1.165) is 10.5 Å². The van der Waals surface area contributed by atoms with Crippen molar-refractivity contribution in [2.45, 2.75) is 37.8 Å². The zero-order valence-corrected chi connectivity index (χ0v) is 19.3. The Bertz CT molecular complexity index is 846. The Balaban J connectivity index is 2.22. The Morgan fingerprint density at radius 3 is 2.28 bits per heavy atom. The van der Waals surface area contributed by atoms with Gasteiger partial charge in [0.1, 0.15) is 6.04 Å². The number of carbonyl (C=O) groups is 2. The predicted molar refractivity (Wildman–Crippen MR) is 122 cm³/mol. The predicted octanol–water partition coefficient (Wildman–Crippen LogP) is 5.68. The van der Waals surface area contributed by atoms with Crippen molar-refractivity contribution in [1.82, 2.24) is 10.2 Å². The molecule has 2 amide bonds. The van der Waals surface area contributed by atoms with Gasteiger partial charge in [-0.15, -0.1) is 11.8 Å². The Labute approximate surface area is 190 Å². The number of thioether (sulfide) groups is 1. The molecule has 1 atom stereocenters. The maximum absolute atomic E-state index is 13.1. The SMILES string of the molecule is CCNC(=O)C(CC)N(Cc1ccc(Cl)cc1Cl)C(=O)CSc1ccc(Cl)cc1. The molecular weight excluding hydrogens is 451 g/mol. The Morgan fingerprint density at radius 2 is 1.69 bits per heavy atom. The molecule has 0 aromatic heterocycles. The van der Waals surface area contributed by atoms with Crippen molar-refractivity contribution < 1.29 is 9.59 Å². The van der Waals surface area contributed by atoms with Gasteiger partial charge in [0.2, 0.25) is 11.8 Å². The molecule has 8 heteroatoms. The van der Waals surface area contributed by atoms with Crippen molar-refractivity contribution in [2.75, 3.05) is 12.3 Å². The lowest BCUT2D eigenvalue weighted by Crippen LogP contribution is -2.49. The lowest BCUT2D eigenvalue weighted by atomic mass is 10.1. The molecule has 2 aromatic carbocycles. The first-order valence-electron chi connectivity index (χ1n) is 9.25. The highest BCUT2D eigenvalue weighted by molar-refractivity contribution is 8.00. The van der Waals surface area contributed by atoms with Crippen molar-refractivity contribution >= 4 is 58.4 Å². The van der Waals surface area contributed by atoms with Gasteiger partial charge in [-0.25, -0.2) is 0 Å². The minimum Gasteiger partial charge on any atom is -0.355 e. The number of carbonyl (C=O) groups excluding carboxylic acids is 2. The van der Waals surface area contributed by atoms with Crippen LogP contribution in [0.3, 0.4) is 0 Å². The third-order valence-corrected chi connectivity index (χ3v) is 6.10. The molecule has 1 unspecified atom stereocenters. The first kappa shape index (κ1) is 23.9. The lowest BCUT2D eigenvalue weighted by molar-refractivity contribution is -0.139. The summed E-state index contributed by atoms with van der Waals surface area (Å²) in [6.45, 7) is 4.46. The van der Waals surface area contributed by atoms with Gasteiger partial charge in [0.05, 0.1) is 5.75 Å². The van der Waals surface area contributed by atoms with Crippen molar-refractivity contribution in [2.24, 2.45) is 0 Å². The fourth-order valence-corrected chi connectivity index (χ4v) is 4.18. The van der Waals surface area contributed by atoms with Gasteiger partial charge >= 0.3 is 0 Å². The molecule has 4 nitrogen and oxygen atoms in total. The second-order valence-corrected chi connectivity index (χ2v) is 8.65. The number of nitrogens with zero attached hydrogens (tertiary/aromatic N) is 1. The van der Waals surface area contributed by atoms with E-state index in [1.807, 2.05) is 26.0 Å². The molecule has 0 heterocycles. The van der Waals surface area contributed by atoms with Crippen LogP contribution in [0.2, 0.25) is 15.1 Å². The topological polar surface area (TPSA) is 49.4 Å². The average Bonchev–Trinajstić information content (AvgIpc) is 2.69. The van der Waals surface area contributed by atoms with E-state index in [1.54, 1.807) is 35.2 Å². The molecule has 0 aliphatic heterocycles. The van der Waals surface area contributed by atoms with Crippen LogP contribution in [0, 0.1) is 0 Å². The van der Waals surface area contributed by atoms with Gasteiger partial charge < -0.3 is 10.2 Å². The van der Waals surface area contributed by atoms with Crippen LogP contribution >= 0.6 is 46.6 Å². The molecule has 0 aliphatic rings. The second-order valence-electron chi connectivity index (χ2n) is 6.32. The maximum Gasteiger partial charge on any atom is 0.242 e. The standard InChI is InChI=1S/C21H23Cl3N2O2S/c1-3-19(21(28)25-4-2)26(12-14-5-6-16(23)11-18(14)24)20(27)13-29-17-9-7-15(22)8-10-17/h5-11,19H,3-4,12-13H2,1-2H3,(H,25,28). The zero-order valence-electron chi connectivity index (χ0n) is 16.3. The lowest BCUT2D eigenvalue weighted by Gasteiger charge is -2.30. The van der Waals surface area contributed by atoms with Gasteiger partial charge in [-0.1, -0.05) is 47.8 Å². The van der Waals surface area contributed by atoms with Crippen LogP contribution in [0.1, 0.15) is 25.8 Å². The van der Waals surface area contributed by atoms with Crippen LogP contribution in [0.25, 0.3) is 0 Å². The second kappa shape index (κ2) is 11.7. The molecule has 29 heavy (non-hydrogen) atoms. The van der Waals surface area contributed by atoms with Gasteiger partial charge in [-0.2, -0.15) is 0 Å². The molecule has 0 saturated heterocycles. The van der Waals surface area contributed by atoms with E-state index in [0.29, 0.717) is 28.0 Å². The van der Waals surface area contributed by atoms with Crippen LogP contribution in [0.15, 0.2) is 47.4 Å². The first-order chi connectivity index (χ1) is 13.8.